The van der Waals surface area contributed by atoms with Crippen molar-refractivity contribution in [2.45, 2.75) is 6.54 Å². The maximum absolute atomic E-state index is 13.5. The van der Waals surface area contributed by atoms with Crippen LogP contribution in [-0.2, 0) is 6.54 Å². The van der Waals surface area contributed by atoms with Crippen LogP contribution in [0.4, 0.5) is 10.1 Å². The minimum absolute atomic E-state index is 0. The number of para-hydroxylation sites is 1. The first-order valence-corrected chi connectivity index (χ1v) is 5.99. The second-order valence-electron chi connectivity index (χ2n) is 4.11. The molecule has 3 N–H and O–H groups in total. The molecule has 0 fully saturated rings. The second kappa shape index (κ2) is 8.21. The number of nitrogens with two attached hydrogens (primary N) is 1. The van der Waals surface area contributed by atoms with Crippen LogP contribution in [0.25, 0.3) is 0 Å². The van der Waals surface area contributed by atoms with Gasteiger partial charge in [0.1, 0.15) is 5.82 Å². The largest absolute Gasteiger partial charge is 0.370 e. The molecule has 2 aromatic carbocycles. The molecule has 0 spiro atoms. The predicted octanol–water partition coefficient (Wildman–Crippen LogP) is 3.24. The molecular weight excluding hydrogens is 382 g/mol. The number of nitrogens with one attached hydrogen (secondary N) is 1. The van der Waals surface area contributed by atoms with E-state index in [0.29, 0.717) is 11.1 Å². The summed E-state index contributed by atoms with van der Waals surface area (Å²) in [5, 5.41) is 11.7. The molecule has 0 aliphatic heterocycles. The summed E-state index contributed by atoms with van der Waals surface area (Å²) < 4.78 is 13.5. The van der Waals surface area contributed by atoms with Crippen LogP contribution in [0.15, 0.2) is 53.5 Å². The quantitative estimate of drug-likeness (QED) is 0.475. The molecule has 0 atom stereocenters. The van der Waals surface area contributed by atoms with Crippen molar-refractivity contribution >= 4 is 35.6 Å². The van der Waals surface area contributed by atoms with Crippen LogP contribution in [-0.4, -0.2) is 5.96 Å². The summed E-state index contributed by atoms with van der Waals surface area (Å²) >= 11 is 0. The van der Waals surface area contributed by atoms with E-state index >= 15 is 0 Å². The molecule has 0 amide bonds. The van der Waals surface area contributed by atoms with Crippen LogP contribution in [0.1, 0.15) is 11.1 Å². The van der Waals surface area contributed by atoms with Gasteiger partial charge in [0, 0.05) is 11.3 Å². The molecule has 0 unspecified atom stereocenters. The van der Waals surface area contributed by atoms with E-state index in [-0.39, 0.29) is 36.5 Å². The number of nitriles is 1. The lowest BCUT2D eigenvalue weighted by Gasteiger charge is -2.05. The normalized spacial score (nSPS) is 10.4. The van der Waals surface area contributed by atoms with Gasteiger partial charge in [0.05, 0.1) is 18.2 Å². The van der Waals surface area contributed by atoms with Crippen molar-refractivity contribution in [2.24, 2.45) is 10.7 Å². The highest BCUT2D eigenvalue weighted by Gasteiger charge is 2.03. The molecule has 0 aliphatic carbocycles. The number of guanidine groups is 1. The summed E-state index contributed by atoms with van der Waals surface area (Å²) in [6, 6.07) is 15.4. The molecule has 0 radical (unpaired) electrons. The zero-order valence-corrected chi connectivity index (χ0v) is 13.4. The maximum Gasteiger partial charge on any atom is 0.193 e. The molecule has 0 bridgehead atoms. The molecule has 6 heteroatoms. The monoisotopic (exact) mass is 396 g/mol. The molecular formula is C15H14FIN4. The third-order valence-corrected chi connectivity index (χ3v) is 2.64. The highest BCUT2D eigenvalue weighted by atomic mass is 127. The highest BCUT2D eigenvalue weighted by Crippen LogP contribution is 2.11. The zero-order valence-electron chi connectivity index (χ0n) is 11.1. The van der Waals surface area contributed by atoms with Gasteiger partial charge in [-0.3, -0.25) is 0 Å². The van der Waals surface area contributed by atoms with Gasteiger partial charge in [-0.05, 0) is 30.3 Å². The third-order valence-electron chi connectivity index (χ3n) is 2.64. The summed E-state index contributed by atoms with van der Waals surface area (Å²) in [6.07, 6.45) is 0. The minimum Gasteiger partial charge on any atom is -0.370 e. The Kier molecular flexibility index (Phi) is 6.62. The van der Waals surface area contributed by atoms with Gasteiger partial charge in [-0.25, -0.2) is 9.38 Å². The molecule has 0 saturated heterocycles. The number of anilines is 1. The molecule has 2 rings (SSSR count). The molecule has 0 aliphatic rings. The Morgan fingerprint density at radius 2 is 1.95 bits per heavy atom. The standard InChI is InChI=1S/C15H13FN4.HI/c16-14-7-6-11(9-17)8-12(14)10-19-15(18)20-13-4-2-1-3-5-13;/h1-8H,10H2,(H3,18,19,20);1H. The van der Waals surface area contributed by atoms with E-state index in [1.165, 1.54) is 18.2 Å². The molecule has 0 aromatic heterocycles. The number of rotatable bonds is 3. The first-order valence-electron chi connectivity index (χ1n) is 5.99. The number of aliphatic imine (C=N–C) groups is 1. The van der Waals surface area contributed by atoms with Crippen LogP contribution in [0.2, 0.25) is 0 Å². The second-order valence-corrected chi connectivity index (χ2v) is 4.11. The summed E-state index contributed by atoms with van der Waals surface area (Å²) in [7, 11) is 0. The summed E-state index contributed by atoms with van der Waals surface area (Å²) in [4.78, 5) is 4.06. The Balaban J connectivity index is 0.00000220. The Hall–Kier alpha value is -2.14. The minimum atomic E-state index is -0.403. The van der Waals surface area contributed by atoms with Gasteiger partial charge in [0.25, 0.3) is 0 Å². The number of nitrogens with zero attached hydrogens (tertiary/aromatic N) is 2. The predicted molar refractivity (Wildman–Crippen MR) is 91.9 cm³/mol. The van der Waals surface area contributed by atoms with Crippen molar-refractivity contribution in [1.82, 2.24) is 0 Å². The molecule has 0 saturated carbocycles. The van der Waals surface area contributed by atoms with Gasteiger partial charge in [-0.1, -0.05) is 18.2 Å². The molecule has 4 nitrogen and oxygen atoms in total. The van der Waals surface area contributed by atoms with Crippen molar-refractivity contribution in [2.75, 3.05) is 5.32 Å². The Morgan fingerprint density at radius 3 is 2.62 bits per heavy atom. The summed E-state index contributed by atoms with van der Waals surface area (Å²) in [5.41, 5.74) is 7.26. The molecule has 21 heavy (non-hydrogen) atoms. The van der Waals surface area contributed by atoms with Crippen molar-refractivity contribution in [3.63, 3.8) is 0 Å². The van der Waals surface area contributed by atoms with Crippen LogP contribution in [0.5, 0.6) is 0 Å². The van der Waals surface area contributed by atoms with Crippen molar-refractivity contribution in [1.29, 1.82) is 5.26 Å². The van der Waals surface area contributed by atoms with E-state index in [2.05, 4.69) is 10.3 Å². The molecule has 108 valence electrons. The van der Waals surface area contributed by atoms with Crippen LogP contribution >= 0.6 is 24.0 Å². The average Bonchev–Trinajstić information content (AvgIpc) is 2.47. The van der Waals surface area contributed by atoms with Crippen LogP contribution in [0, 0.1) is 17.1 Å². The van der Waals surface area contributed by atoms with Crippen molar-refractivity contribution in [3.05, 3.63) is 65.5 Å². The fourth-order valence-corrected chi connectivity index (χ4v) is 1.64. The van der Waals surface area contributed by atoms with E-state index in [1.807, 2.05) is 36.4 Å². The van der Waals surface area contributed by atoms with Gasteiger partial charge in [-0.15, -0.1) is 24.0 Å². The number of hydrogen-bond donors (Lipinski definition) is 2. The van der Waals surface area contributed by atoms with Crippen molar-refractivity contribution in [3.8, 4) is 6.07 Å². The van der Waals surface area contributed by atoms with Crippen LogP contribution in [0.3, 0.4) is 0 Å². The van der Waals surface area contributed by atoms with Crippen molar-refractivity contribution < 1.29 is 4.39 Å². The topological polar surface area (TPSA) is 74.2 Å². The van der Waals surface area contributed by atoms with E-state index in [1.54, 1.807) is 0 Å². The Morgan fingerprint density at radius 1 is 1.24 bits per heavy atom. The highest BCUT2D eigenvalue weighted by molar-refractivity contribution is 14.0. The third kappa shape index (κ3) is 5.04. The van der Waals surface area contributed by atoms with Gasteiger partial charge >= 0.3 is 0 Å². The van der Waals surface area contributed by atoms with Gasteiger partial charge < -0.3 is 11.1 Å². The number of halogens is 2. The molecule has 2 aromatic rings. The summed E-state index contributed by atoms with van der Waals surface area (Å²) in [6.45, 7) is 0.0764. The lowest BCUT2D eigenvalue weighted by Crippen LogP contribution is -2.22. The number of benzene rings is 2. The van der Waals surface area contributed by atoms with E-state index in [9.17, 15) is 4.39 Å². The number of hydrogen-bond acceptors (Lipinski definition) is 2. The first-order chi connectivity index (χ1) is 9.69. The van der Waals surface area contributed by atoms with E-state index in [4.69, 9.17) is 11.0 Å². The maximum atomic E-state index is 13.5. The van der Waals surface area contributed by atoms with Gasteiger partial charge in [-0.2, -0.15) is 5.26 Å². The van der Waals surface area contributed by atoms with E-state index in [0.717, 1.165) is 5.69 Å². The fourth-order valence-electron chi connectivity index (χ4n) is 1.64. The Labute approximate surface area is 139 Å². The van der Waals surface area contributed by atoms with Gasteiger partial charge in [0.15, 0.2) is 5.96 Å². The lowest BCUT2D eigenvalue weighted by atomic mass is 10.1. The zero-order chi connectivity index (χ0) is 14.4. The lowest BCUT2D eigenvalue weighted by molar-refractivity contribution is 0.610. The average molecular weight is 396 g/mol. The first kappa shape index (κ1) is 16.9. The smallest absolute Gasteiger partial charge is 0.193 e. The Bertz CT molecular complexity index is 665. The molecule has 0 heterocycles. The van der Waals surface area contributed by atoms with E-state index < -0.39 is 5.82 Å². The summed E-state index contributed by atoms with van der Waals surface area (Å²) in [5.74, 6) is -0.210. The SMILES string of the molecule is I.N#Cc1ccc(F)c(CN=C(N)Nc2ccccc2)c1. The van der Waals surface area contributed by atoms with Crippen LogP contribution < -0.4 is 11.1 Å². The fraction of sp³-hybridized carbons (Fsp3) is 0.0667. The van der Waals surface area contributed by atoms with Gasteiger partial charge in [0.2, 0.25) is 0 Å².